The minimum atomic E-state index is -0.229. The normalized spacial score (nSPS) is 27.4. The van der Waals surface area contributed by atoms with E-state index in [4.69, 9.17) is 5.73 Å². The molecule has 0 bridgehead atoms. The van der Waals surface area contributed by atoms with E-state index in [2.05, 4.69) is 25.7 Å². The zero-order valence-electron chi connectivity index (χ0n) is 12.1. The topological polar surface area (TPSA) is 29.3 Å². The Bertz CT molecular complexity index is 411. The largest absolute Gasteiger partial charge is 0.324 e. The lowest BCUT2D eigenvalue weighted by molar-refractivity contribution is 0.254. The summed E-state index contributed by atoms with van der Waals surface area (Å²) < 4.78 is 13.7. The van der Waals surface area contributed by atoms with Crippen LogP contribution in [0.25, 0.3) is 0 Å². The smallest absolute Gasteiger partial charge is 0.127 e. The van der Waals surface area contributed by atoms with Crippen molar-refractivity contribution in [3.63, 3.8) is 0 Å². The van der Waals surface area contributed by atoms with Crippen molar-refractivity contribution in [2.45, 2.75) is 26.8 Å². The Kier molecular flexibility index (Phi) is 4.58. The van der Waals surface area contributed by atoms with Crippen LogP contribution in [0, 0.1) is 23.6 Å². The number of halogens is 1. The van der Waals surface area contributed by atoms with Gasteiger partial charge in [-0.25, -0.2) is 4.39 Å². The van der Waals surface area contributed by atoms with Crippen molar-refractivity contribution >= 4 is 0 Å². The summed E-state index contributed by atoms with van der Waals surface area (Å²) >= 11 is 0. The summed E-state index contributed by atoms with van der Waals surface area (Å²) in [6, 6.07) is 6.62. The molecule has 2 nitrogen and oxygen atoms in total. The Morgan fingerprint density at radius 2 is 1.84 bits per heavy atom. The lowest BCUT2D eigenvalue weighted by Crippen LogP contribution is -2.32. The van der Waals surface area contributed by atoms with Gasteiger partial charge in [-0.1, -0.05) is 39.0 Å². The van der Waals surface area contributed by atoms with E-state index in [0.717, 1.165) is 31.5 Å². The Labute approximate surface area is 115 Å². The predicted octanol–water partition coefficient (Wildman–Crippen LogP) is 3.05. The Hall–Kier alpha value is -0.930. The summed E-state index contributed by atoms with van der Waals surface area (Å²) in [6.45, 7) is 9.93. The summed E-state index contributed by atoms with van der Waals surface area (Å²) in [6.07, 6.45) is 0. The molecule has 0 aromatic heterocycles. The van der Waals surface area contributed by atoms with E-state index in [1.165, 1.54) is 6.07 Å². The van der Waals surface area contributed by atoms with Gasteiger partial charge in [-0.05, 0) is 23.8 Å². The van der Waals surface area contributed by atoms with Crippen molar-refractivity contribution in [1.29, 1.82) is 0 Å². The van der Waals surface area contributed by atoms with E-state index in [9.17, 15) is 4.39 Å². The van der Waals surface area contributed by atoms with Gasteiger partial charge in [-0.15, -0.1) is 0 Å². The molecule has 19 heavy (non-hydrogen) atoms. The van der Waals surface area contributed by atoms with Crippen LogP contribution in [0.3, 0.4) is 0 Å². The molecule has 1 fully saturated rings. The van der Waals surface area contributed by atoms with Gasteiger partial charge in [0.25, 0.3) is 0 Å². The summed E-state index contributed by atoms with van der Waals surface area (Å²) in [5.41, 5.74) is 6.85. The van der Waals surface area contributed by atoms with Gasteiger partial charge < -0.3 is 10.6 Å². The lowest BCUT2D eigenvalue weighted by atomic mass is 9.94. The Morgan fingerprint density at radius 1 is 1.26 bits per heavy atom. The lowest BCUT2D eigenvalue weighted by Gasteiger charge is -2.26. The highest BCUT2D eigenvalue weighted by molar-refractivity contribution is 5.21. The summed E-state index contributed by atoms with van der Waals surface area (Å²) in [5.74, 6) is 1.56. The number of likely N-dealkylation sites (tertiary alicyclic amines) is 1. The van der Waals surface area contributed by atoms with Crippen molar-refractivity contribution in [3.05, 3.63) is 35.6 Å². The van der Waals surface area contributed by atoms with E-state index >= 15 is 0 Å². The molecule has 4 unspecified atom stereocenters. The van der Waals surface area contributed by atoms with Crippen molar-refractivity contribution in [2.75, 3.05) is 19.6 Å². The zero-order valence-corrected chi connectivity index (χ0v) is 12.1. The molecule has 0 amide bonds. The molecule has 0 aliphatic carbocycles. The van der Waals surface area contributed by atoms with Crippen molar-refractivity contribution in [1.82, 2.24) is 4.90 Å². The molecule has 106 valence electrons. The van der Waals surface area contributed by atoms with E-state index < -0.39 is 0 Å². The average molecular weight is 264 g/mol. The second-order valence-corrected chi connectivity index (χ2v) is 6.20. The van der Waals surface area contributed by atoms with Gasteiger partial charge in [-0.2, -0.15) is 0 Å². The molecule has 1 saturated heterocycles. The molecule has 3 heteroatoms. The van der Waals surface area contributed by atoms with E-state index in [1.54, 1.807) is 12.1 Å². The molecule has 2 N–H and O–H groups in total. The second-order valence-electron chi connectivity index (χ2n) is 6.20. The van der Waals surface area contributed by atoms with Crippen LogP contribution in [0.15, 0.2) is 24.3 Å². The van der Waals surface area contributed by atoms with Crippen molar-refractivity contribution in [2.24, 2.45) is 23.5 Å². The number of rotatable bonds is 4. The van der Waals surface area contributed by atoms with Crippen LogP contribution in [0.2, 0.25) is 0 Å². The maximum Gasteiger partial charge on any atom is 0.127 e. The van der Waals surface area contributed by atoms with E-state index in [-0.39, 0.29) is 17.8 Å². The van der Waals surface area contributed by atoms with Gasteiger partial charge in [0.1, 0.15) is 5.82 Å². The van der Waals surface area contributed by atoms with Crippen LogP contribution < -0.4 is 5.73 Å². The molecular formula is C16H25FN2. The molecule has 1 aliphatic rings. The van der Waals surface area contributed by atoms with Crippen LogP contribution in [-0.4, -0.2) is 24.5 Å². The fourth-order valence-electron chi connectivity index (χ4n) is 2.97. The second kappa shape index (κ2) is 6.02. The fraction of sp³-hybridized carbons (Fsp3) is 0.625. The molecule has 0 saturated carbocycles. The maximum absolute atomic E-state index is 13.7. The van der Waals surface area contributed by atoms with E-state index in [1.807, 2.05) is 6.07 Å². The molecule has 4 atom stereocenters. The average Bonchev–Trinajstić information content (AvgIpc) is 2.68. The fourth-order valence-corrected chi connectivity index (χ4v) is 2.97. The minimum absolute atomic E-state index is 0.190. The number of nitrogens with zero attached hydrogens (tertiary/aromatic N) is 1. The molecule has 1 heterocycles. The minimum Gasteiger partial charge on any atom is -0.324 e. The third kappa shape index (κ3) is 3.34. The van der Waals surface area contributed by atoms with Crippen molar-refractivity contribution in [3.8, 4) is 0 Å². The van der Waals surface area contributed by atoms with Crippen LogP contribution >= 0.6 is 0 Å². The number of hydrogen-bond acceptors (Lipinski definition) is 2. The van der Waals surface area contributed by atoms with Gasteiger partial charge in [0.2, 0.25) is 0 Å². The molecular weight excluding hydrogens is 239 g/mol. The van der Waals surface area contributed by atoms with Crippen LogP contribution in [0.4, 0.5) is 4.39 Å². The highest BCUT2D eigenvalue weighted by atomic mass is 19.1. The van der Waals surface area contributed by atoms with Crippen molar-refractivity contribution < 1.29 is 4.39 Å². The third-order valence-electron chi connectivity index (χ3n) is 4.49. The van der Waals surface area contributed by atoms with Gasteiger partial charge in [0.15, 0.2) is 0 Å². The zero-order chi connectivity index (χ0) is 14.0. The first-order valence-corrected chi connectivity index (χ1v) is 7.21. The summed E-state index contributed by atoms with van der Waals surface area (Å²) in [7, 11) is 0. The first-order valence-electron chi connectivity index (χ1n) is 7.21. The highest BCUT2D eigenvalue weighted by Crippen LogP contribution is 2.27. The monoisotopic (exact) mass is 264 g/mol. The third-order valence-corrected chi connectivity index (χ3v) is 4.49. The predicted molar refractivity (Wildman–Crippen MR) is 77.3 cm³/mol. The van der Waals surface area contributed by atoms with Gasteiger partial charge >= 0.3 is 0 Å². The van der Waals surface area contributed by atoms with Gasteiger partial charge in [0.05, 0.1) is 0 Å². The standard InChI is InChI=1S/C16H25FN2/c1-11-8-19(9-12(11)2)10-13(3)16(18)14-6-4-5-7-15(14)17/h4-7,11-13,16H,8-10,18H2,1-3H3. The number of nitrogens with two attached hydrogens (primary N) is 1. The maximum atomic E-state index is 13.7. The highest BCUT2D eigenvalue weighted by Gasteiger charge is 2.28. The molecule has 0 radical (unpaired) electrons. The molecule has 2 rings (SSSR count). The molecule has 1 aromatic carbocycles. The first-order chi connectivity index (χ1) is 8.99. The van der Waals surface area contributed by atoms with Gasteiger partial charge in [0, 0.05) is 31.2 Å². The quantitative estimate of drug-likeness (QED) is 0.905. The van der Waals surface area contributed by atoms with Gasteiger partial charge in [-0.3, -0.25) is 0 Å². The number of hydrogen-bond donors (Lipinski definition) is 1. The molecule has 0 spiro atoms. The Balaban J connectivity index is 1.97. The molecule has 1 aliphatic heterocycles. The summed E-state index contributed by atoms with van der Waals surface area (Å²) in [4.78, 5) is 2.46. The first kappa shape index (κ1) is 14.5. The SMILES string of the molecule is CC1CN(CC(C)C(N)c2ccccc2F)CC1C. The van der Waals surface area contributed by atoms with Crippen LogP contribution in [0.1, 0.15) is 32.4 Å². The number of benzene rings is 1. The molecule has 1 aromatic rings. The van der Waals surface area contributed by atoms with E-state index in [0.29, 0.717) is 5.56 Å². The van der Waals surface area contributed by atoms with Crippen LogP contribution in [0.5, 0.6) is 0 Å². The Morgan fingerprint density at radius 3 is 2.42 bits per heavy atom. The summed E-state index contributed by atoms with van der Waals surface area (Å²) in [5, 5.41) is 0. The van der Waals surface area contributed by atoms with Crippen LogP contribution in [-0.2, 0) is 0 Å².